The first-order valence-corrected chi connectivity index (χ1v) is 8.60. The molecule has 0 bridgehead atoms. The Bertz CT molecular complexity index is 714. The van der Waals surface area contributed by atoms with E-state index in [0.29, 0.717) is 18.2 Å². The van der Waals surface area contributed by atoms with E-state index in [1.807, 2.05) is 9.47 Å². The van der Waals surface area contributed by atoms with Crippen molar-refractivity contribution in [2.24, 2.45) is 5.92 Å². The van der Waals surface area contributed by atoms with E-state index in [0.717, 1.165) is 25.2 Å². The Hall–Kier alpha value is -2.44. The number of halogens is 1. The molecule has 0 N–H and O–H groups in total. The molecule has 0 saturated carbocycles. The standard InChI is InChI=1S/C18H23FN4O2/c1-13(2)10-22-12-20-21-18(22)16-4-3-9-23(16)17(24)11-25-15-7-5-14(19)6-8-15/h5-8,12-13,16H,3-4,9-11H2,1-2H3/t16-/m1/s1. The molecule has 1 fully saturated rings. The summed E-state index contributed by atoms with van der Waals surface area (Å²) >= 11 is 0. The summed E-state index contributed by atoms with van der Waals surface area (Å²) in [6, 6.07) is 5.59. The molecule has 1 aliphatic heterocycles. The van der Waals surface area contributed by atoms with Crippen LogP contribution in [-0.4, -0.2) is 38.7 Å². The second-order valence-corrected chi connectivity index (χ2v) is 6.72. The molecule has 2 heterocycles. The molecular weight excluding hydrogens is 323 g/mol. The summed E-state index contributed by atoms with van der Waals surface area (Å²) in [5, 5.41) is 8.27. The number of likely N-dealkylation sites (tertiary alicyclic amines) is 1. The molecular formula is C18H23FN4O2. The average Bonchev–Trinajstić information content (AvgIpc) is 3.22. The highest BCUT2D eigenvalue weighted by atomic mass is 19.1. The summed E-state index contributed by atoms with van der Waals surface area (Å²) in [6.07, 6.45) is 3.53. The Morgan fingerprint density at radius 3 is 2.84 bits per heavy atom. The number of benzene rings is 1. The lowest BCUT2D eigenvalue weighted by molar-refractivity contribution is -0.134. The van der Waals surface area contributed by atoms with Crippen LogP contribution in [0.15, 0.2) is 30.6 Å². The number of aromatic nitrogens is 3. The maximum atomic E-state index is 12.9. The maximum absolute atomic E-state index is 12.9. The van der Waals surface area contributed by atoms with Crippen LogP contribution in [0, 0.1) is 11.7 Å². The van der Waals surface area contributed by atoms with E-state index >= 15 is 0 Å². The predicted octanol–water partition coefficient (Wildman–Crippen LogP) is 2.82. The lowest BCUT2D eigenvalue weighted by Crippen LogP contribution is -2.35. The zero-order chi connectivity index (χ0) is 17.8. The fourth-order valence-electron chi connectivity index (χ4n) is 3.15. The van der Waals surface area contributed by atoms with Crippen molar-refractivity contribution in [3.05, 3.63) is 42.2 Å². The van der Waals surface area contributed by atoms with Gasteiger partial charge < -0.3 is 14.2 Å². The second-order valence-electron chi connectivity index (χ2n) is 6.72. The number of carbonyl (C=O) groups is 1. The Balaban J connectivity index is 1.65. The van der Waals surface area contributed by atoms with E-state index in [1.54, 1.807) is 6.33 Å². The van der Waals surface area contributed by atoms with Crippen molar-refractivity contribution in [2.45, 2.75) is 39.3 Å². The largest absolute Gasteiger partial charge is 0.484 e. The van der Waals surface area contributed by atoms with Crippen molar-refractivity contribution in [1.29, 1.82) is 0 Å². The van der Waals surface area contributed by atoms with Crippen LogP contribution in [-0.2, 0) is 11.3 Å². The van der Waals surface area contributed by atoms with Crippen LogP contribution in [0.5, 0.6) is 5.75 Å². The summed E-state index contributed by atoms with van der Waals surface area (Å²) in [4.78, 5) is 14.4. The fraction of sp³-hybridized carbons (Fsp3) is 0.500. The topological polar surface area (TPSA) is 60.2 Å². The van der Waals surface area contributed by atoms with E-state index in [2.05, 4.69) is 24.0 Å². The van der Waals surface area contributed by atoms with Crippen LogP contribution in [0.2, 0.25) is 0 Å². The lowest BCUT2D eigenvalue weighted by Gasteiger charge is -2.25. The number of amides is 1. The van der Waals surface area contributed by atoms with Crippen LogP contribution < -0.4 is 4.74 Å². The Morgan fingerprint density at radius 1 is 1.36 bits per heavy atom. The van der Waals surface area contributed by atoms with Crippen molar-refractivity contribution < 1.29 is 13.9 Å². The maximum Gasteiger partial charge on any atom is 0.261 e. The highest BCUT2D eigenvalue weighted by molar-refractivity contribution is 5.78. The summed E-state index contributed by atoms with van der Waals surface area (Å²) in [6.45, 7) is 5.72. The number of rotatable bonds is 6. The molecule has 3 rings (SSSR count). The third-order valence-electron chi connectivity index (χ3n) is 4.25. The van der Waals surface area contributed by atoms with Gasteiger partial charge >= 0.3 is 0 Å². The zero-order valence-electron chi connectivity index (χ0n) is 14.6. The van der Waals surface area contributed by atoms with Gasteiger partial charge in [0.05, 0.1) is 6.04 Å². The molecule has 0 radical (unpaired) electrons. The summed E-state index contributed by atoms with van der Waals surface area (Å²) in [5.74, 6) is 1.37. The molecule has 2 aromatic rings. The highest BCUT2D eigenvalue weighted by Gasteiger charge is 2.33. The SMILES string of the molecule is CC(C)Cn1cnnc1[C@H]1CCCN1C(=O)COc1ccc(F)cc1. The smallest absolute Gasteiger partial charge is 0.261 e. The van der Waals surface area contributed by atoms with Gasteiger partial charge in [0.15, 0.2) is 12.4 Å². The normalized spacial score (nSPS) is 17.3. The van der Waals surface area contributed by atoms with E-state index < -0.39 is 0 Å². The minimum Gasteiger partial charge on any atom is -0.484 e. The Morgan fingerprint density at radius 2 is 2.12 bits per heavy atom. The quantitative estimate of drug-likeness (QED) is 0.807. The summed E-state index contributed by atoms with van der Waals surface area (Å²) in [5.41, 5.74) is 0. The minimum absolute atomic E-state index is 0.0643. The molecule has 0 aliphatic carbocycles. The highest BCUT2D eigenvalue weighted by Crippen LogP contribution is 2.31. The van der Waals surface area contributed by atoms with Gasteiger partial charge in [-0.25, -0.2) is 4.39 Å². The van der Waals surface area contributed by atoms with Gasteiger partial charge in [0.2, 0.25) is 0 Å². The summed E-state index contributed by atoms with van der Waals surface area (Å²) in [7, 11) is 0. The van der Waals surface area contributed by atoms with Crippen LogP contribution in [0.25, 0.3) is 0 Å². The molecule has 25 heavy (non-hydrogen) atoms. The van der Waals surface area contributed by atoms with Crippen LogP contribution in [0.3, 0.4) is 0 Å². The molecule has 0 unspecified atom stereocenters. The second kappa shape index (κ2) is 7.63. The van der Waals surface area contributed by atoms with Gasteiger partial charge in [0.25, 0.3) is 5.91 Å². The molecule has 1 saturated heterocycles. The first-order chi connectivity index (χ1) is 12.0. The minimum atomic E-state index is -0.331. The first-order valence-electron chi connectivity index (χ1n) is 8.60. The van der Waals surface area contributed by atoms with Crippen molar-refractivity contribution in [1.82, 2.24) is 19.7 Å². The fourth-order valence-corrected chi connectivity index (χ4v) is 3.15. The molecule has 1 aliphatic rings. The van der Waals surface area contributed by atoms with Gasteiger partial charge in [-0.2, -0.15) is 0 Å². The van der Waals surface area contributed by atoms with Crippen LogP contribution in [0.1, 0.15) is 38.6 Å². The monoisotopic (exact) mass is 346 g/mol. The van der Waals surface area contributed by atoms with Crippen LogP contribution >= 0.6 is 0 Å². The summed E-state index contributed by atoms with van der Waals surface area (Å²) < 4.78 is 20.4. The third kappa shape index (κ3) is 4.15. The van der Waals surface area contributed by atoms with Gasteiger partial charge in [0.1, 0.15) is 17.9 Å². The van der Waals surface area contributed by atoms with Gasteiger partial charge in [0, 0.05) is 13.1 Å². The Labute approximate surface area is 146 Å². The molecule has 0 spiro atoms. The molecule has 134 valence electrons. The molecule has 1 amide bonds. The molecule has 1 aromatic carbocycles. The van der Waals surface area contributed by atoms with Crippen molar-refractivity contribution in [2.75, 3.05) is 13.2 Å². The van der Waals surface area contributed by atoms with Crippen molar-refractivity contribution in [3.63, 3.8) is 0 Å². The van der Waals surface area contributed by atoms with E-state index in [1.165, 1.54) is 24.3 Å². The van der Waals surface area contributed by atoms with Crippen LogP contribution in [0.4, 0.5) is 4.39 Å². The van der Waals surface area contributed by atoms with Gasteiger partial charge in [-0.05, 0) is 43.0 Å². The Kier molecular flexibility index (Phi) is 5.31. The number of carbonyl (C=O) groups excluding carboxylic acids is 1. The average molecular weight is 346 g/mol. The molecule has 6 nitrogen and oxygen atoms in total. The number of ether oxygens (including phenoxy) is 1. The molecule has 1 aromatic heterocycles. The molecule has 7 heteroatoms. The first kappa shape index (κ1) is 17.4. The zero-order valence-corrected chi connectivity index (χ0v) is 14.6. The lowest BCUT2D eigenvalue weighted by atomic mass is 10.2. The number of hydrogen-bond donors (Lipinski definition) is 0. The predicted molar refractivity (Wildman–Crippen MR) is 90.4 cm³/mol. The number of hydrogen-bond acceptors (Lipinski definition) is 4. The van der Waals surface area contributed by atoms with E-state index in [-0.39, 0.29) is 24.4 Å². The van der Waals surface area contributed by atoms with Crippen molar-refractivity contribution >= 4 is 5.91 Å². The van der Waals surface area contributed by atoms with Crippen molar-refractivity contribution in [3.8, 4) is 5.75 Å². The third-order valence-corrected chi connectivity index (χ3v) is 4.25. The van der Waals surface area contributed by atoms with E-state index in [9.17, 15) is 9.18 Å². The van der Waals surface area contributed by atoms with E-state index in [4.69, 9.17) is 4.74 Å². The van der Waals surface area contributed by atoms with Gasteiger partial charge in [-0.3, -0.25) is 4.79 Å². The van der Waals surface area contributed by atoms with Gasteiger partial charge in [-0.15, -0.1) is 10.2 Å². The number of nitrogens with zero attached hydrogens (tertiary/aromatic N) is 4. The van der Waals surface area contributed by atoms with Gasteiger partial charge in [-0.1, -0.05) is 13.8 Å². The molecule has 1 atom stereocenters.